The molecule has 33 rings (SSSR count). The first-order valence-corrected chi connectivity index (χ1v) is 58.2. The van der Waals surface area contributed by atoms with Crippen LogP contribution >= 0.6 is 0 Å². The summed E-state index contributed by atoms with van der Waals surface area (Å²) in [6.07, 6.45) is 14.7. The van der Waals surface area contributed by atoms with Crippen LogP contribution in [0.25, 0.3) is 291 Å². The lowest BCUT2D eigenvalue weighted by atomic mass is 9.68. The monoisotopic (exact) mass is 1930 g/mol. The molecule has 1 saturated carbocycles. The van der Waals surface area contributed by atoms with Crippen LogP contribution in [0.3, 0.4) is 0 Å². The van der Waals surface area contributed by atoms with E-state index >= 15 is 9.59 Å². The average molecular weight is 1930 g/mol. The van der Waals surface area contributed by atoms with Gasteiger partial charge in [0, 0.05) is 144 Å². The van der Waals surface area contributed by atoms with Gasteiger partial charge in [0.25, 0.3) is 0 Å². The van der Waals surface area contributed by atoms with Crippen molar-refractivity contribution in [3.05, 3.63) is 22.3 Å². The number of carbonyl (C=O) groups is 4. The highest BCUT2D eigenvalue weighted by Crippen LogP contribution is 2.97. The number of hydrogen-bond acceptors (Lipinski definition) is 16. The Bertz CT molecular complexity index is 8590. The van der Waals surface area contributed by atoms with E-state index in [2.05, 4.69) is 143 Å². The molecule has 742 valence electrons. The molecule has 0 aromatic heterocycles. The minimum Gasteiger partial charge on any atom is -0.465 e. The van der Waals surface area contributed by atoms with Crippen LogP contribution in [0.1, 0.15) is 208 Å². The van der Waals surface area contributed by atoms with Crippen molar-refractivity contribution in [1.29, 1.82) is 0 Å². The van der Waals surface area contributed by atoms with E-state index in [1.807, 2.05) is 0 Å². The second kappa shape index (κ2) is 30.6. The molecule has 28 aromatic carbocycles. The lowest BCUT2D eigenvalue weighted by molar-refractivity contribution is -0.167. The van der Waals surface area contributed by atoms with Crippen molar-refractivity contribution in [2.24, 2.45) is 5.41 Å². The molecule has 0 unspecified atom stereocenters. The largest absolute Gasteiger partial charge is 0.465 e. The molecule has 0 atom stereocenters. The standard InChI is InChI=1S/C127H138N12O6/c1-13-31-130(32-14-2)45-49-134(37-19-7)53-57-138(41-23-11)59-55-136(39-21-9)51-47-132(35-17-5)43-29-128-63(140)27-25-61-144-123(142)127(124(143)145-62-26-28-64(141)129-30-44-133(36-18-6)48-52-137(40-22-10)56-60-139(42-24-12)58-54-135(38-20-8)50-46-131(33-15-3)34-16-4)125-119-111-103-93-83-75-67-65-66-69-73-71(67)79-87-81(73)91-85-77(69)78-70(66)74-72-68(65)76(75)84-90-80(72)88-82(74)92-86(78)96-95(85)105-99(91)109-101(87)107(97(103)89(79)83)115(119)117(109)121-113(105)114-106(96)100(92)110-102(88)108-98(90)104(94(84)93)112(111)120(125)116(108)118(110)122(114)126(121,125)127/h13-62H2,1-12H3,(H,128,140)(H,129,141). The second-order valence-corrected chi connectivity index (χ2v) is 47.6. The van der Waals surface area contributed by atoms with Gasteiger partial charge < -0.3 is 69.1 Å². The summed E-state index contributed by atoms with van der Waals surface area (Å²) in [6, 6.07) is 0. The molecular weight excluding hydrogens is 1790 g/mol. The van der Waals surface area contributed by atoms with Crippen molar-refractivity contribution in [2.45, 2.75) is 197 Å². The molecule has 5 aliphatic rings. The van der Waals surface area contributed by atoms with E-state index in [-0.39, 0.29) is 37.9 Å². The van der Waals surface area contributed by atoms with Gasteiger partial charge in [-0.2, -0.15) is 0 Å². The summed E-state index contributed by atoms with van der Waals surface area (Å²) in [5, 5.41) is 84.1. The van der Waals surface area contributed by atoms with Gasteiger partial charge in [-0.25, -0.2) is 0 Å². The number of esters is 2. The van der Waals surface area contributed by atoms with Crippen LogP contribution in [0.2, 0.25) is 0 Å². The number of carbonyl (C=O) groups excluding carboxylic acids is 4. The molecular formula is C127H138N12O6. The molecule has 2 N–H and O–H groups in total. The summed E-state index contributed by atoms with van der Waals surface area (Å²) in [7, 11) is 0. The van der Waals surface area contributed by atoms with Gasteiger partial charge >= 0.3 is 11.9 Å². The van der Waals surface area contributed by atoms with Gasteiger partial charge in [-0.05, 0) is 482 Å². The van der Waals surface area contributed by atoms with Crippen molar-refractivity contribution >= 4 is 315 Å². The van der Waals surface area contributed by atoms with Crippen LogP contribution < -0.4 is 10.6 Å². The van der Waals surface area contributed by atoms with Crippen LogP contribution in [-0.2, 0) is 39.5 Å². The molecule has 0 saturated heterocycles. The molecule has 5 aliphatic carbocycles. The molecule has 145 heavy (non-hydrogen) atoms. The first-order chi connectivity index (χ1) is 71.3. The smallest absolute Gasteiger partial charge is 0.326 e. The molecule has 28 aromatic rings. The lowest BCUT2D eigenvalue weighted by Gasteiger charge is -2.32. The fraction of sp³-hybridized carbons (Fsp3) is 0.512. The molecule has 0 aliphatic heterocycles. The van der Waals surface area contributed by atoms with Crippen LogP contribution in [0, 0.1) is 5.41 Å². The summed E-state index contributed by atoms with van der Waals surface area (Å²) in [5.74, 6) is -1.15. The highest BCUT2D eigenvalue weighted by Gasteiger charge is 3.01. The third-order valence-corrected chi connectivity index (χ3v) is 40.4. The van der Waals surface area contributed by atoms with Crippen molar-refractivity contribution in [3.63, 3.8) is 0 Å². The Labute approximate surface area is 844 Å². The number of nitrogens with zero attached hydrogens (tertiary/aromatic N) is 10. The Hall–Kier alpha value is -10.1. The number of hydrogen-bond donors (Lipinski definition) is 2. The third-order valence-electron chi connectivity index (χ3n) is 40.4. The van der Waals surface area contributed by atoms with E-state index in [4.69, 9.17) is 9.47 Å². The zero-order valence-electron chi connectivity index (χ0n) is 87.8. The normalized spacial score (nSPS) is 16.2. The average Bonchev–Trinajstić information content (AvgIpc) is 1.35. The van der Waals surface area contributed by atoms with Gasteiger partial charge in [-0.15, -0.1) is 0 Å². The summed E-state index contributed by atoms with van der Waals surface area (Å²) in [5.41, 5.74) is 0.210. The molecule has 0 bridgehead atoms. The van der Waals surface area contributed by atoms with Crippen molar-refractivity contribution < 1.29 is 28.7 Å². The predicted molar refractivity (Wildman–Crippen MR) is 611 cm³/mol. The maximum atomic E-state index is 18.4. The number of nitrogens with one attached hydrogen (secondary N) is 2. The quantitative estimate of drug-likeness (QED) is 0.0161. The highest BCUT2D eigenvalue weighted by atomic mass is 16.6. The van der Waals surface area contributed by atoms with Gasteiger partial charge in [-0.1, -0.05) is 83.1 Å². The third kappa shape index (κ3) is 9.60. The molecule has 0 heterocycles. The molecule has 1 fully saturated rings. The Morgan fingerprint density at radius 2 is 0.303 bits per heavy atom. The van der Waals surface area contributed by atoms with Gasteiger partial charge in [0.15, 0.2) is 5.41 Å². The predicted octanol–water partition coefficient (Wildman–Crippen LogP) is 24.1. The molecule has 2 amide bonds. The number of ether oxygens (including phenoxy) is 2. The molecule has 18 heteroatoms. The molecule has 18 nitrogen and oxygen atoms in total. The second-order valence-electron chi connectivity index (χ2n) is 47.6. The first kappa shape index (κ1) is 87.9. The van der Waals surface area contributed by atoms with Crippen molar-refractivity contribution in [1.82, 2.24) is 59.6 Å². The Balaban J connectivity index is 0.465. The van der Waals surface area contributed by atoms with Crippen LogP contribution in [0.15, 0.2) is 0 Å². The first-order valence-electron chi connectivity index (χ1n) is 58.2. The topological polar surface area (TPSA) is 143 Å². The van der Waals surface area contributed by atoms with Crippen LogP contribution in [0.4, 0.5) is 0 Å². The van der Waals surface area contributed by atoms with Crippen LogP contribution in [0.5, 0.6) is 0 Å². The summed E-state index contributed by atoms with van der Waals surface area (Å²) in [6.45, 7) is 60.6. The van der Waals surface area contributed by atoms with E-state index in [9.17, 15) is 9.59 Å². The SMILES string of the molecule is CCCN(CCC)CCN(CCC)CCN(CCC)CCN(CCC)CCN(CCC)CCNC(=O)CCCOC(=O)C1(C(=O)OCCCC(=O)NCCN(CCC)CCN(CCC)CCN(CCC)CCN(CCC)CCN(CCC)CCC)C23c4c5c6c7c8c9c(c%10c%11c2c2c4c4c%12c5c5c6c6c8c8c%13c9c9c%10c%10c%11c%11c2c2c4c4c%12c%12c5c5c6c8c6c8c%13c9c9c%10c%10c%11c2c2c4c4c%12c5c6c5c8c9c%10c2c45)C713. The van der Waals surface area contributed by atoms with Gasteiger partial charge in [0.1, 0.15) is 0 Å². The highest BCUT2D eigenvalue weighted by molar-refractivity contribution is 6.82. The number of amides is 2. The fourth-order valence-electron chi connectivity index (χ4n) is 36.6. The Kier molecular flexibility index (Phi) is 18.6. The number of rotatable bonds is 64. The minimum atomic E-state index is -1.97. The van der Waals surface area contributed by atoms with Gasteiger partial charge in [-0.3, -0.25) is 19.2 Å². The fourth-order valence-corrected chi connectivity index (χ4v) is 36.6. The summed E-state index contributed by atoms with van der Waals surface area (Å²) >= 11 is 0. The minimum absolute atomic E-state index is 0.0356. The van der Waals surface area contributed by atoms with E-state index in [0.717, 1.165) is 209 Å². The van der Waals surface area contributed by atoms with Gasteiger partial charge in [0.2, 0.25) is 11.8 Å². The van der Waals surface area contributed by atoms with E-state index in [1.54, 1.807) is 10.8 Å². The number of benzene rings is 18. The molecule has 2 spiro atoms. The zero-order chi connectivity index (χ0) is 97.3. The maximum absolute atomic E-state index is 18.4. The van der Waals surface area contributed by atoms with Gasteiger partial charge in [0.05, 0.1) is 24.0 Å². The van der Waals surface area contributed by atoms with Crippen molar-refractivity contribution in [3.8, 4) is 0 Å². The van der Waals surface area contributed by atoms with E-state index in [1.165, 1.54) is 367 Å². The summed E-state index contributed by atoms with van der Waals surface area (Å²) in [4.78, 5) is 92.8. The Morgan fingerprint density at radius 3 is 0.441 bits per heavy atom. The van der Waals surface area contributed by atoms with E-state index < -0.39 is 28.2 Å². The Morgan fingerprint density at radius 1 is 0.179 bits per heavy atom. The van der Waals surface area contributed by atoms with E-state index in [0.29, 0.717) is 25.9 Å². The summed E-state index contributed by atoms with van der Waals surface area (Å²) < 4.78 is 14.7. The zero-order valence-corrected chi connectivity index (χ0v) is 87.8. The maximum Gasteiger partial charge on any atom is 0.326 e. The van der Waals surface area contributed by atoms with Crippen molar-refractivity contribution in [2.75, 3.05) is 223 Å². The lowest BCUT2D eigenvalue weighted by Crippen LogP contribution is -2.44. The molecule has 0 radical (unpaired) electrons. The van der Waals surface area contributed by atoms with Crippen LogP contribution in [-0.4, -0.2) is 295 Å².